The molecule has 1 aromatic rings. The molecule has 0 aliphatic rings. The maximum atomic E-state index is 13.3. The molecule has 0 amide bonds. The first-order valence-corrected chi connectivity index (χ1v) is 4.43. The van der Waals surface area contributed by atoms with Crippen molar-refractivity contribution in [3.05, 3.63) is 34.6 Å². The zero-order chi connectivity index (χ0) is 10.7. The third kappa shape index (κ3) is 2.11. The van der Waals surface area contributed by atoms with Crippen LogP contribution >= 0.6 is 11.6 Å². The van der Waals surface area contributed by atoms with Crippen molar-refractivity contribution in [1.29, 1.82) is 0 Å². The Morgan fingerprint density at radius 3 is 2.64 bits per heavy atom. The summed E-state index contributed by atoms with van der Waals surface area (Å²) in [6.07, 6.45) is -0.927. The molecule has 1 aromatic carbocycles. The molecule has 0 saturated carbocycles. The fourth-order valence-electron chi connectivity index (χ4n) is 1.25. The third-order valence-electron chi connectivity index (χ3n) is 1.87. The lowest BCUT2D eigenvalue weighted by molar-refractivity contribution is -0.127. The molecule has 0 aliphatic carbocycles. The summed E-state index contributed by atoms with van der Waals surface area (Å²) in [6.45, 7) is 1.33. The molecule has 0 fully saturated rings. The molecular formula is C10H10ClFO2. The number of carbonyl (C=O) groups excluding carboxylic acids is 1. The number of methoxy groups -OCH3 is 1. The van der Waals surface area contributed by atoms with Crippen molar-refractivity contribution < 1.29 is 13.9 Å². The number of hydrogen-bond donors (Lipinski definition) is 0. The van der Waals surface area contributed by atoms with Gasteiger partial charge in [0, 0.05) is 17.7 Å². The van der Waals surface area contributed by atoms with E-state index in [4.69, 9.17) is 16.3 Å². The van der Waals surface area contributed by atoms with Crippen molar-refractivity contribution in [3.63, 3.8) is 0 Å². The van der Waals surface area contributed by atoms with Gasteiger partial charge in [0.05, 0.1) is 0 Å². The van der Waals surface area contributed by atoms with E-state index in [0.717, 1.165) is 0 Å². The first-order valence-electron chi connectivity index (χ1n) is 4.05. The minimum Gasteiger partial charge on any atom is -0.369 e. The fraction of sp³-hybridized carbons (Fsp3) is 0.300. The highest BCUT2D eigenvalue weighted by Crippen LogP contribution is 2.28. The van der Waals surface area contributed by atoms with Gasteiger partial charge in [-0.25, -0.2) is 4.39 Å². The van der Waals surface area contributed by atoms with E-state index >= 15 is 0 Å². The van der Waals surface area contributed by atoms with Crippen LogP contribution in [0.3, 0.4) is 0 Å². The van der Waals surface area contributed by atoms with Crippen molar-refractivity contribution in [2.24, 2.45) is 0 Å². The van der Waals surface area contributed by atoms with Crippen molar-refractivity contribution >= 4 is 17.4 Å². The van der Waals surface area contributed by atoms with Gasteiger partial charge in [0.25, 0.3) is 0 Å². The van der Waals surface area contributed by atoms with Gasteiger partial charge in [-0.05, 0) is 19.1 Å². The lowest BCUT2D eigenvalue weighted by Gasteiger charge is -2.14. The van der Waals surface area contributed by atoms with Gasteiger partial charge in [-0.3, -0.25) is 4.79 Å². The van der Waals surface area contributed by atoms with Crippen molar-refractivity contribution in [1.82, 2.24) is 0 Å². The molecule has 0 saturated heterocycles. The van der Waals surface area contributed by atoms with Crippen LogP contribution in [0.15, 0.2) is 18.2 Å². The van der Waals surface area contributed by atoms with Crippen LogP contribution in [0.4, 0.5) is 4.39 Å². The summed E-state index contributed by atoms with van der Waals surface area (Å²) < 4.78 is 18.2. The van der Waals surface area contributed by atoms with Gasteiger partial charge in [-0.1, -0.05) is 17.7 Å². The predicted molar refractivity (Wildman–Crippen MR) is 51.8 cm³/mol. The summed E-state index contributed by atoms with van der Waals surface area (Å²) in [4.78, 5) is 11.1. The molecular weight excluding hydrogens is 207 g/mol. The summed E-state index contributed by atoms with van der Waals surface area (Å²) in [6, 6.07) is 4.25. The quantitative estimate of drug-likeness (QED) is 0.777. The van der Waals surface area contributed by atoms with Crippen molar-refractivity contribution in [3.8, 4) is 0 Å². The molecule has 1 unspecified atom stereocenters. The number of rotatable bonds is 3. The predicted octanol–water partition coefficient (Wildman–Crippen LogP) is 2.76. The minimum atomic E-state index is -0.927. The van der Waals surface area contributed by atoms with Crippen molar-refractivity contribution in [2.75, 3.05) is 7.11 Å². The second-order valence-corrected chi connectivity index (χ2v) is 3.27. The van der Waals surface area contributed by atoms with E-state index < -0.39 is 11.9 Å². The second-order valence-electron chi connectivity index (χ2n) is 2.86. The van der Waals surface area contributed by atoms with E-state index in [1.54, 1.807) is 0 Å². The van der Waals surface area contributed by atoms with Crippen LogP contribution in [0, 0.1) is 5.82 Å². The average Bonchev–Trinajstić information content (AvgIpc) is 2.10. The van der Waals surface area contributed by atoms with E-state index in [1.165, 1.54) is 32.2 Å². The molecule has 2 nitrogen and oxygen atoms in total. The highest BCUT2D eigenvalue weighted by Gasteiger charge is 2.22. The van der Waals surface area contributed by atoms with E-state index in [2.05, 4.69) is 0 Å². The zero-order valence-corrected chi connectivity index (χ0v) is 8.64. The van der Waals surface area contributed by atoms with Gasteiger partial charge in [0.15, 0.2) is 5.78 Å². The smallest absolute Gasteiger partial charge is 0.163 e. The van der Waals surface area contributed by atoms with Gasteiger partial charge >= 0.3 is 0 Å². The van der Waals surface area contributed by atoms with Gasteiger partial charge in [0.1, 0.15) is 11.9 Å². The molecule has 14 heavy (non-hydrogen) atoms. The number of ketones is 1. The van der Waals surface area contributed by atoms with Crippen LogP contribution in [0.25, 0.3) is 0 Å². The monoisotopic (exact) mass is 216 g/mol. The molecule has 0 N–H and O–H groups in total. The highest BCUT2D eigenvalue weighted by molar-refractivity contribution is 6.31. The molecule has 1 rings (SSSR count). The van der Waals surface area contributed by atoms with Crippen LogP contribution in [-0.2, 0) is 9.53 Å². The highest BCUT2D eigenvalue weighted by atomic mass is 35.5. The number of halogens is 2. The molecule has 0 aromatic heterocycles. The van der Waals surface area contributed by atoms with Gasteiger partial charge in [-0.2, -0.15) is 0 Å². The SMILES string of the molecule is COC(C(C)=O)c1c(F)cccc1Cl. The molecule has 0 heterocycles. The number of benzene rings is 1. The average molecular weight is 217 g/mol. The maximum Gasteiger partial charge on any atom is 0.163 e. The van der Waals surface area contributed by atoms with Gasteiger partial charge in [-0.15, -0.1) is 0 Å². The maximum absolute atomic E-state index is 13.3. The van der Waals surface area contributed by atoms with Crippen LogP contribution < -0.4 is 0 Å². The summed E-state index contributed by atoms with van der Waals surface area (Å²) >= 11 is 5.77. The topological polar surface area (TPSA) is 26.3 Å². The van der Waals surface area contributed by atoms with E-state index in [0.29, 0.717) is 0 Å². The zero-order valence-electron chi connectivity index (χ0n) is 7.88. The minimum absolute atomic E-state index is 0.101. The van der Waals surface area contributed by atoms with Crippen LogP contribution in [0.5, 0.6) is 0 Å². The van der Waals surface area contributed by atoms with E-state index in [-0.39, 0.29) is 16.4 Å². The molecule has 0 aliphatic heterocycles. The summed E-state index contributed by atoms with van der Waals surface area (Å²) in [5.41, 5.74) is 0.101. The lowest BCUT2D eigenvalue weighted by atomic mass is 10.1. The van der Waals surface area contributed by atoms with E-state index in [1.807, 2.05) is 0 Å². The first-order chi connectivity index (χ1) is 6.57. The number of hydrogen-bond acceptors (Lipinski definition) is 2. The van der Waals surface area contributed by atoms with Crippen LogP contribution in [-0.4, -0.2) is 12.9 Å². The Hall–Kier alpha value is -0.930. The summed E-state index contributed by atoms with van der Waals surface area (Å²) in [7, 11) is 1.34. The second kappa shape index (κ2) is 4.53. The number of ether oxygens (including phenoxy) is 1. The van der Waals surface area contributed by atoms with Gasteiger partial charge < -0.3 is 4.74 Å². The number of carbonyl (C=O) groups is 1. The molecule has 1 atom stereocenters. The Kier molecular flexibility index (Phi) is 3.61. The Bertz CT molecular complexity index is 332. The van der Waals surface area contributed by atoms with Crippen molar-refractivity contribution in [2.45, 2.75) is 13.0 Å². The Balaban J connectivity index is 3.22. The molecule has 0 bridgehead atoms. The fourth-order valence-corrected chi connectivity index (χ4v) is 1.51. The Labute approximate surface area is 86.6 Å². The molecule has 76 valence electrons. The Morgan fingerprint density at radius 2 is 2.21 bits per heavy atom. The largest absolute Gasteiger partial charge is 0.369 e. The van der Waals surface area contributed by atoms with Gasteiger partial charge in [0.2, 0.25) is 0 Å². The standard InChI is InChI=1S/C10H10ClFO2/c1-6(13)10(14-2)9-7(11)4-3-5-8(9)12/h3-5,10H,1-2H3. The van der Waals surface area contributed by atoms with Crippen LogP contribution in [0.1, 0.15) is 18.6 Å². The summed E-state index contributed by atoms with van der Waals surface area (Å²) in [5.74, 6) is -0.806. The molecule has 0 radical (unpaired) electrons. The number of Topliss-reactive ketones (excluding diaryl/α,β-unsaturated/α-hetero) is 1. The van der Waals surface area contributed by atoms with E-state index in [9.17, 15) is 9.18 Å². The Morgan fingerprint density at radius 1 is 1.57 bits per heavy atom. The molecule has 4 heteroatoms. The third-order valence-corrected chi connectivity index (χ3v) is 2.20. The molecule has 0 spiro atoms. The first kappa shape index (κ1) is 11.1. The van der Waals surface area contributed by atoms with Crippen LogP contribution in [0.2, 0.25) is 5.02 Å². The summed E-state index contributed by atoms with van der Waals surface area (Å²) in [5, 5.41) is 0.201. The normalized spacial score (nSPS) is 12.6. The lowest BCUT2D eigenvalue weighted by Crippen LogP contribution is -2.13.